The molecule has 0 saturated heterocycles. The highest BCUT2D eigenvalue weighted by Crippen LogP contribution is 2.52. The van der Waals surface area contributed by atoms with Gasteiger partial charge < -0.3 is 5.73 Å². The zero-order valence-electron chi connectivity index (χ0n) is 8.36. The summed E-state index contributed by atoms with van der Waals surface area (Å²) < 4.78 is 40.0. The fourth-order valence-electron chi connectivity index (χ4n) is 2.05. The number of nitrogens with two attached hydrogens (primary N) is 1. The molecule has 2 N–H and O–H groups in total. The summed E-state index contributed by atoms with van der Waals surface area (Å²) in [5, 5.41) is 0. The van der Waals surface area contributed by atoms with Gasteiger partial charge in [-0.05, 0) is 31.9 Å². The SMILES string of the molecule is CC(N)C1(c2c(F)ccc(F)c2F)CC1. The van der Waals surface area contributed by atoms with E-state index < -0.39 is 22.9 Å². The van der Waals surface area contributed by atoms with Gasteiger partial charge in [0.25, 0.3) is 0 Å². The molecule has 1 nitrogen and oxygen atoms in total. The van der Waals surface area contributed by atoms with Crippen LogP contribution in [-0.2, 0) is 5.41 Å². The van der Waals surface area contributed by atoms with Crippen LogP contribution in [0.1, 0.15) is 25.3 Å². The molecular formula is C11H12F3N. The standard InChI is InChI=1S/C11H12F3N/c1-6(15)11(4-5-11)9-7(12)2-3-8(13)10(9)14/h2-3,6H,4-5,15H2,1H3. The molecule has 0 aliphatic heterocycles. The summed E-state index contributed by atoms with van der Waals surface area (Å²) in [4.78, 5) is 0. The van der Waals surface area contributed by atoms with Crippen LogP contribution in [0.5, 0.6) is 0 Å². The van der Waals surface area contributed by atoms with Gasteiger partial charge in [0.05, 0.1) is 0 Å². The predicted molar refractivity (Wildman–Crippen MR) is 50.9 cm³/mol. The highest BCUT2D eigenvalue weighted by atomic mass is 19.2. The highest BCUT2D eigenvalue weighted by Gasteiger charge is 2.51. The van der Waals surface area contributed by atoms with Crippen LogP contribution in [-0.4, -0.2) is 6.04 Å². The molecule has 1 aliphatic carbocycles. The van der Waals surface area contributed by atoms with Crippen molar-refractivity contribution in [2.75, 3.05) is 0 Å². The molecule has 1 saturated carbocycles. The molecule has 1 aromatic rings. The van der Waals surface area contributed by atoms with Crippen molar-refractivity contribution in [2.45, 2.75) is 31.2 Å². The molecule has 2 rings (SSSR count). The van der Waals surface area contributed by atoms with Crippen molar-refractivity contribution in [3.05, 3.63) is 35.1 Å². The Labute approximate surface area is 86.1 Å². The smallest absolute Gasteiger partial charge is 0.165 e. The molecule has 0 heterocycles. The molecule has 0 spiro atoms. The van der Waals surface area contributed by atoms with Crippen LogP contribution in [0.2, 0.25) is 0 Å². The molecule has 0 aromatic heterocycles. The van der Waals surface area contributed by atoms with Gasteiger partial charge in [0.2, 0.25) is 0 Å². The van der Waals surface area contributed by atoms with Crippen molar-refractivity contribution < 1.29 is 13.2 Å². The van der Waals surface area contributed by atoms with Gasteiger partial charge in [-0.15, -0.1) is 0 Å². The Kier molecular flexibility index (Phi) is 2.26. The first-order chi connectivity index (χ1) is 6.99. The van der Waals surface area contributed by atoms with Crippen molar-refractivity contribution in [3.8, 4) is 0 Å². The van der Waals surface area contributed by atoms with Crippen molar-refractivity contribution in [1.82, 2.24) is 0 Å². The second-order valence-electron chi connectivity index (χ2n) is 4.16. The molecule has 1 unspecified atom stereocenters. The van der Waals surface area contributed by atoms with Crippen LogP contribution in [0, 0.1) is 17.5 Å². The van der Waals surface area contributed by atoms with Crippen LogP contribution in [0.25, 0.3) is 0 Å². The van der Waals surface area contributed by atoms with Gasteiger partial charge >= 0.3 is 0 Å². The summed E-state index contributed by atoms with van der Waals surface area (Å²) in [5.41, 5.74) is 4.82. The topological polar surface area (TPSA) is 26.0 Å². The van der Waals surface area contributed by atoms with Crippen molar-refractivity contribution >= 4 is 0 Å². The van der Waals surface area contributed by atoms with Crippen LogP contribution >= 0.6 is 0 Å². The third-order valence-corrected chi connectivity index (χ3v) is 3.20. The number of rotatable bonds is 2. The Hall–Kier alpha value is -1.03. The molecule has 4 heteroatoms. The molecule has 0 radical (unpaired) electrons. The summed E-state index contributed by atoms with van der Waals surface area (Å²) in [5.74, 6) is -2.81. The number of hydrogen-bond acceptors (Lipinski definition) is 1. The van der Waals surface area contributed by atoms with E-state index >= 15 is 0 Å². The first-order valence-corrected chi connectivity index (χ1v) is 4.88. The van der Waals surface area contributed by atoms with E-state index in [2.05, 4.69) is 0 Å². The minimum absolute atomic E-state index is 0.183. The summed E-state index contributed by atoms with van der Waals surface area (Å²) in [6.45, 7) is 1.69. The maximum Gasteiger partial charge on any atom is 0.165 e. The van der Waals surface area contributed by atoms with Crippen LogP contribution < -0.4 is 5.73 Å². The van der Waals surface area contributed by atoms with E-state index in [-0.39, 0.29) is 11.6 Å². The number of hydrogen-bond donors (Lipinski definition) is 1. The summed E-state index contributed by atoms with van der Waals surface area (Å²) in [7, 11) is 0. The first-order valence-electron chi connectivity index (χ1n) is 4.88. The molecule has 0 amide bonds. The van der Waals surface area contributed by atoms with Gasteiger partial charge in [0.15, 0.2) is 11.6 Å². The van der Waals surface area contributed by atoms with Crippen molar-refractivity contribution in [1.29, 1.82) is 0 Å². The lowest BCUT2D eigenvalue weighted by Crippen LogP contribution is -2.33. The third kappa shape index (κ3) is 1.44. The maximum atomic E-state index is 13.5. The lowest BCUT2D eigenvalue weighted by Gasteiger charge is -2.21. The van der Waals surface area contributed by atoms with Crippen molar-refractivity contribution in [3.63, 3.8) is 0 Å². The van der Waals surface area contributed by atoms with Gasteiger partial charge in [-0.25, -0.2) is 13.2 Å². The first kappa shape index (κ1) is 10.5. The van der Waals surface area contributed by atoms with E-state index in [1.807, 2.05) is 0 Å². The van der Waals surface area contributed by atoms with E-state index in [9.17, 15) is 13.2 Å². The molecule has 15 heavy (non-hydrogen) atoms. The minimum Gasteiger partial charge on any atom is -0.327 e. The Morgan fingerprint density at radius 1 is 1.20 bits per heavy atom. The Balaban J connectivity index is 2.57. The minimum atomic E-state index is -1.09. The third-order valence-electron chi connectivity index (χ3n) is 3.20. The number of benzene rings is 1. The molecule has 1 fully saturated rings. The van der Waals surface area contributed by atoms with Gasteiger partial charge in [-0.3, -0.25) is 0 Å². The summed E-state index contributed by atoms with van der Waals surface area (Å²) >= 11 is 0. The van der Waals surface area contributed by atoms with Gasteiger partial charge in [0, 0.05) is 17.0 Å². The molecule has 1 atom stereocenters. The second-order valence-corrected chi connectivity index (χ2v) is 4.16. The summed E-state index contributed by atoms with van der Waals surface area (Å²) in [6, 6.07) is 1.38. The van der Waals surface area contributed by atoms with Crippen LogP contribution in [0.3, 0.4) is 0 Å². The molecule has 1 aromatic carbocycles. The average molecular weight is 215 g/mol. The lowest BCUT2D eigenvalue weighted by atomic mass is 9.88. The Morgan fingerprint density at radius 3 is 2.20 bits per heavy atom. The Morgan fingerprint density at radius 2 is 1.73 bits per heavy atom. The monoisotopic (exact) mass is 215 g/mol. The molecular weight excluding hydrogens is 203 g/mol. The van der Waals surface area contributed by atoms with Crippen LogP contribution in [0.15, 0.2) is 12.1 Å². The highest BCUT2D eigenvalue weighted by molar-refractivity contribution is 5.36. The fourth-order valence-corrected chi connectivity index (χ4v) is 2.05. The van der Waals surface area contributed by atoms with Crippen molar-refractivity contribution in [2.24, 2.45) is 5.73 Å². The average Bonchev–Trinajstić information content (AvgIpc) is 2.93. The van der Waals surface area contributed by atoms with Gasteiger partial charge in [-0.2, -0.15) is 0 Å². The largest absolute Gasteiger partial charge is 0.327 e. The zero-order valence-corrected chi connectivity index (χ0v) is 8.36. The summed E-state index contributed by atoms with van der Waals surface area (Å²) in [6.07, 6.45) is 1.23. The normalized spacial score (nSPS) is 20.1. The quantitative estimate of drug-likeness (QED) is 0.753. The zero-order chi connectivity index (χ0) is 11.2. The van der Waals surface area contributed by atoms with E-state index in [1.54, 1.807) is 6.92 Å². The molecule has 1 aliphatic rings. The Bertz CT molecular complexity index is 397. The predicted octanol–water partition coefficient (Wildman–Crippen LogP) is 2.48. The van der Waals surface area contributed by atoms with E-state index in [1.165, 1.54) is 0 Å². The number of halogens is 3. The van der Waals surface area contributed by atoms with E-state index in [0.29, 0.717) is 12.8 Å². The lowest BCUT2D eigenvalue weighted by molar-refractivity contribution is 0.437. The second kappa shape index (κ2) is 3.23. The fraction of sp³-hybridized carbons (Fsp3) is 0.455. The maximum absolute atomic E-state index is 13.5. The molecule has 82 valence electrons. The van der Waals surface area contributed by atoms with Crippen LogP contribution in [0.4, 0.5) is 13.2 Å². The van der Waals surface area contributed by atoms with E-state index in [4.69, 9.17) is 5.73 Å². The van der Waals surface area contributed by atoms with E-state index in [0.717, 1.165) is 12.1 Å². The van der Waals surface area contributed by atoms with Gasteiger partial charge in [-0.1, -0.05) is 0 Å². The van der Waals surface area contributed by atoms with Gasteiger partial charge in [0.1, 0.15) is 5.82 Å². The molecule has 0 bridgehead atoms.